The minimum atomic E-state index is -4.83. The molecule has 0 aliphatic heterocycles. The van der Waals surface area contributed by atoms with Crippen LogP contribution in [0.5, 0.6) is 0 Å². The second kappa shape index (κ2) is 5.91. The van der Waals surface area contributed by atoms with Gasteiger partial charge in [-0.25, -0.2) is 0 Å². The van der Waals surface area contributed by atoms with Gasteiger partial charge in [-0.1, -0.05) is 0 Å². The number of carbonyl (C=O) groups is 1. The van der Waals surface area contributed by atoms with Crippen molar-refractivity contribution in [1.82, 2.24) is 0 Å². The maximum Gasteiger partial charge on any atom is 0.423 e. The number of rotatable bonds is 4. The number of esters is 1. The highest BCUT2D eigenvalue weighted by atomic mass is 32.2. The Morgan fingerprint density at radius 1 is 1.47 bits per heavy atom. The zero-order valence-corrected chi connectivity index (χ0v) is 10.4. The van der Waals surface area contributed by atoms with Gasteiger partial charge in [0, 0.05) is 11.0 Å². The number of carbonyl (C=O) groups excluding carboxylic acids is 1. The number of nitrogens with zero attached hydrogens (tertiary/aromatic N) is 1. The summed E-state index contributed by atoms with van der Waals surface area (Å²) in [6.45, 7) is 0. The van der Waals surface area contributed by atoms with E-state index in [0.717, 1.165) is 31.0 Å². The Morgan fingerprint density at radius 3 is 2.58 bits per heavy atom. The Hall–Kier alpha value is -1.77. The number of hydrogen-bond donors (Lipinski definition) is 0. The summed E-state index contributed by atoms with van der Waals surface area (Å²) in [4.78, 5) is 20.4. The lowest BCUT2D eigenvalue weighted by Gasteiger charge is -2.09. The van der Waals surface area contributed by atoms with Gasteiger partial charge in [0.2, 0.25) is 0 Å². The number of methoxy groups -OCH3 is 1. The summed E-state index contributed by atoms with van der Waals surface area (Å²) in [6, 6.07) is 2.56. The fraction of sp³-hybridized carbons (Fsp3) is 0.300. The predicted octanol–water partition coefficient (Wildman–Crippen LogP) is 2.88. The van der Waals surface area contributed by atoms with E-state index in [4.69, 9.17) is 0 Å². The molecular formula is C10H8F3NO4S. The average Bonchev–Trinajstić information content (AvgIpc) is 2.34. The van der Waals surface area contributed by atoms with E-state index in [0.29, 0.717) is 6.07 Å². The number of nitro groups is 1. The largest absolute Gasteiger partial charge is 0.468 e. The molecule has 0 aliphatic carbocycles. The molecule has 0 fully saturated rings. The van der Waals surface area contributed by atoms with Crippen molar-refractivity contribution in [3.63, 3.8) is 0 Å². The molecule has 0 amide bonds. The molecule has 19 heavy (non-hydrogen) atoms. The molecule has 0 saturated carbocycles. The Bertz CT molecular complexity index is 504. The Labute approximate surface area is 109 Å². The standard InChI is InChI=1S/C10H8F3NO4S/c1-18-9(15)5-19-6-2-3-8(14(16)17)7(4-6)10(11,12)13/h2-4H,5H2,1H3. The average molecular weight is 295 g/mol. The van der Waals surface area contributed by atoms with Crippen LogP contribution in [-0.2, 0) is 15.7 Å². The molecule has 0 aromatic heterocycles. The van der Waals surface area contributed by atoms with Crippen LogP contribution in [0.1, 0.15) is 5.56 Å². The second-order valence-electron chi connectivity index (χ2n) is 3.30. The van der Waals surface area contributed by atoms with Crippen LogP contribution in [0, 0.1) is 10.1 Å². The van der Waals surface area contributed by atoms with Crippen LogP contribution in [0.2, 0.25) is 0 Å². The van der Waals surface area contributed by atoms with Gasteiger partial charge in [0.25, 0.3) is 5.69 Å². The van der Waals surface area contributed by atoms with Gasteiger partial charge < -0.3 is 4.74 Å². The normalized spacial score (nSPS) is 11.2. The molecule has 0 spiro atoms. The highest BCUT2D eigenvalue weighted by molar-refractivity contribution is 8.00. The van der Waals surface area contributed by atoms with Crippen LogP contribution in [0.3, 0.4) is 0 Å². The fourth-order valence-corrected chi connectivity index (χ4v) is 1.96. The number of ether oxygens (including phenoxy) is 1. The topological polar surface area (TPSA) is 69.4 Å². The molecule has 0 heterocycles. The summed E-state index contributed by atoms with van der Waals surface area (Å²) in [5.74, 6) is -0.775. The summed E-state index contributed by atoms with van der Waals surface area (Å²) >= 11 is 0.807. The van der Waals surface area contributed by atoms with Crippen LogP contribution in [-0.4, -0.2) is 23.8 Å². The first kappa shape index (κ1) is 15.3. The molecule has 1 aromatic rings. The Balaban J connectivity index is 3.05. The molecule has 9 heteroatoms. The summed E-state index contributed by atoms with van der Waals surface area (Å²) in [5.41, 5.74) is -2.36. The van der Waals surface area contributed by atoms with Crippen molar-refractivity contribution in [3.8, 4) is 0 Å². The van der Waals surface area contributed by atoms with E-state index in [-0.39, 0.29) is 10.6 Å². The van der Waals surface area contributed by atoms with E-state index in [1.54, 1.807) is 0 Å². The molecule has 1 aromatic carbocycles. The predicted molar refractivity (Wildman–Crippen MR) is 60.8 cm³/mol. The number of thioether (sulfide) groups is 1. The number of nitro benzene ring substituents is 1. The van der Waals surface area contributed by atoms with Gasteiger partial charge in [0.15, 0.2) is 0 Å². The molecule has 0 aliphatic rings. The van der Waals surface area contributed by atoms with Crippen LogP contribution >= 0.6 is 11.8 Å². The molecule has 0 N–H and O–H groups in total. The zero-order valence-electron chi connectivity index (χ0n) is 9.56. The van der Waals surface area contributed by atoms with E-state index in [2.05, 4.69) is 4.74 Å². The lowest BCUT2D eigenvalue weighted by atomic mass is 10.2. The molecule has 1 rings (SSSR count). The van der Waals surface area contributed by atoms with Gasteiger partial charge in [0.1, 0.15) is 5.56 Å². The van der Waals surface area contributed by atoms with E-state index < -0.39 is 28.3 Å². The minimum Gasteiger partial charge on any atom is -0.468 e. The summed E-state index contributed by atoms with van der Waals surface area (Å²) in [7, 11) is 1.15. The van der Waals surface area contributed by atoms with Crippen molar-refractivity contribution in [3.05, 3.63) is 33.9 Å². The first-order valence-corrected chi connectivity index (χ1v) is 5.79. The smallest absolute Gasteiger partial charge is 0.423 e. The molecule has 0 saturated heterocycles. The molecule has 104 valence electrons. The third-order valence-corrected chi connectivity index (χ3v) is 3.02. The van der Waals surface area contributed by atoms with Gasteiger partial charge in [-0.15, -0.1) is 11.8 Å². The lowest BCUT2D eigenvalue weighted by Crippen LogP contribution is -2.09. The third-order valence-electron chi connectivity index (χ3n) is 2.05. The highest BCUT2D eigenvalue weighted by Crippen LogP contribution is 2.38. The first-order chi connectivity index (χ1) is 8.75. The van der Waals surface area contributed by atoms with Crippen molar-refractivity contribution in [1.29, 1.82) is 0 Å². The van der Waals surface area contributed by atoms with Crippen LogP contribution in [0.25, 0.3) is 0 Å². The van der Waals surface area contributed by atoms with Crippen molar-refractivity contribution >= 4 is 23.4 Å². The monoisotopic (exact) mass is 295 g/mol. The molecule has 0 atom stereocenters. The lowest BCUT2D eigenvalue weighted by molar-refractivity contribution is -0.388. The molecule has 0 radical (unpaired) electrons. The quantitative estimate of drug-likeness (QED) is 0.370. The summed E-state index contributed by atoms with van der Waals surface area (Å²) < 4.78 is 42.3. The molecule has 5 nitrogen and oxygen atoms in total. The van der Waals surface area contributed by atoms with E-state index in [9.17, 15) is 28.1 Å². The molecule has 0 unspecified atom stereocenters. The molecular weight excluding hydrogens is 287 g/mol. The van der Waals surface area contributed by atoms with Gasteiger partial charge in [-0.2, -0.15) is 13.2 Å². The zero-order chi connectivity index (χ0) is 14.6. The van der Waals surface area contributed by atoms with E-state index in [1.165, 1.54) is 0 Å². The van der Waals surface area contributed by atoms with E-state index in [1.807, 2.05) is 0 Å². The number of halogens is 3. The van der Waals surface area contributed by atoms with E-state index >= 15 is 0 Å². The van der Waals surface area contributed by atoms with Crippen LogP contribution in [0.15, 0.2) is 23.1 Å². The van der Waals surface area contributed by atoms with Gasteiger partial charge in [0.05, 0.1) is 17.8 Å². The maximum absolute atomic E-state index is 12.6. The van der Waals surface area contributed by atoms with Crippen molar-refractivity contribution in [2.24, 2.45) is 0 Å². The Kier molecular flexibility index (Phi) is 4.76. The third kappa shape index (κ3) is 4.12. The van der Waals surface area contributed by atoms with Crippen molar-refractivity contribution < 1.29 is 27.6 Å². The van der Waals surface area contributed by atoms with Gasteiger partial charge in [-0.05, 0) is 12.1 Å². The Morgan fingerprint density at radius 2 is 2.11 bits per heavy atom. The molecule has 0 bridgehead atoms. The van der Waals surface area contributed by atoms with Crippen LogP contribution in [0.4, 0.5) is 18.9 Å². The number of benzene rings is 1. The summed E-state index contributed by atoms with van der Waals surface area (Å²) in [6.07, 6.45) is -4.83. The number of hydrogen-bond acceptors (Lipinski definition) is 5. The number of alkyl halides is 3. The first-order valence-electron chi connectivity index (χ1n) is 4.81. The fourth-order valence-electron chi connectivity index (χ4n) is 1.19. The maximum atomic E-state index is 12.6. The second-order valence-corrected chi connectivity index (χ2v) is 4.35. The van der Waals surface area contributed by atoms with Crippen molar-refractivity contribution in [2.45, 2.75) is 11.1 Å². The van der Waals surface area contributed by atoms with Gasteiger partial charge in [-0.3, -0.25) is 14.9 Å². The van der Waals surface area contributed by atoms with Gasteiger partial charge >= 0.3 is 12.1 Å². The van der Waals surface area contributed by atoms with Crippen molar-refractivity contribution in [2.75, 3.05) is 12.9 Å². The summed E-state index contributed by atoms with van der Waals surface area (Å²) in [5, 5.41) is 10.5. The highest BCUT2D eigenvalue weighted by Gasteiger charge is 2.38. The minimum absolute atomic E-state index is 0.100. The van der Waals surface area contributed by atoms with Crippen LogP contribution < -0.4 is 0 Å². The SMILES string of the molecule is COC(=O)CSc1ccc([N+](=O)[O-])c(C(F)(F)F)c1.